The van der Waals surface area contributed by atoms with E-state index in [9.17, 15) is 0 Å². The van der Waals surface area contributed by atoms with Gasteiger partial charge in [0.05, 0.1) is 8.80 Å². The van der Waals surface area contributed by atoms with Gasteiger partial charge in [0, 0.05) is 0 Å². The summed E-state index contributed by atoms with van der Waals surface area (Å²) in [6, 6.07) is 10.6. The van der Waals surface area contributed by atoms with Crippen LogP contribution in [-0.2, 0) is 0 Å². The van der Waals surface area contributed by atoms with Crippen molar-refractivity contribution in [1.82, 2.24) is 0 Å². The molecule has 0 aromatic heterocycles. The van der Waals surface area contributed by atoms with Crippen LogP contribution in [0.25, 0.3) is 0 Å². The van der Waals surface area contributed by atoms with Crippen molar-refractivity contribution in [3.63, 3.8) is 0 Å². The van der Waals surface area contributed by atoms with Crippen LogP contribution in [0.3, 0.4) is 0 Å². The van der Waals surface area contributed by atoms with Crippen LogP contribution >= 0.6 is 0 Å². The number of phenols is 1. The Morgan fingerprint density at radius 1 is 1.09 bits per heavy atom. The van der Waals surface area contributed by atoms with Crippen LogP contribution in [0.5, 0.6) is 5.75 Å². The number of phenolic OH excluding ortho intramolecular Hbond substituents is 1. The minimum absolute atomic E-state index is 0.154. The second-order valence-corrected chi connectivity index (χ2v) is 5.79. The van der Waals surface area contributed by atoms with Crippen molar-refractivity contribution < 1.29 is 5.11 Å². The molecule has 1 aromatic rings. The van der Waals surface area contributed by atoms with Crippen LogP contribution in [0, 0.1) is 0 Å². The van der Waals surface area contributed by atoms with Crippen molar-refractivity contribution in [2.45, 2.75) is 18.5 Å². The van der Waals surface area contributed by atoms with Gasteiger partial charge in [0.25, 0.3) is 0 Å². The molecule has 11 heavy (non-hydrogen) atoms. The second kappa shape index (κ2) is 2.70. The van der Waals surface area contributed by atoms with E-state index >= 15 is 0 Å². The Hall–Kier alpha value is -0.763. The van der Waals surface area contributed by atoms with Crippen LogP contribution in [0.2, 0.25) is 12.1 Å². The molecule has 0 amide bonds. The van der Waals surface area contributed by atoms with Crippen LogP contribution < -0.4 is 5.19 Å². The first-order chi connectivity index (χ1) is 5.36. The molecule has 1 radical (unpaired) electrons. The van der Waals surface area contributed by atoms with E-state index in [1.807, 2.05) is 0 Å². The Bertz CT molecular complexity index is 238. The zero-order valence-electron chi connectivity index (χ0n) is 6.38. The first-order valence-electron chi connectivity index (χ1n) is 4.00. The minimum Gasteiger partial charge on any atom is -0.508 e. The monoisotopic (exact) mass is 163 g/mol. The summed E-state index contributed by atoms with van der Waals surface area (Å²) < 4.78 is 0. The number of hydrogen-bond donors (Lipinski definition) is 1. The van der Waals surface area contributed by atoms with Gasteiger partial charge in [-0.2, -0.15) is 0 Å². The third kappa shape index (κ3) is 1.31. The SMILES string of the molecule is Oc1ccc([Si]2CCC2)cc1. The highest BCUT2D eigenvalue weighted by Crippen LogP contribution is 2.20. The highest BCUT2D eigenvalue weighted by Gasteiger charge is 2.21. The fourth-order valence-corrected chi connectivity index (χ4v) is 3.26. The molecular formula is C9H11OSi. The van der Waals surface area contributed by atoms with Gasteiger partial charge in [-0.05, 0) is 12.1 Å². The van der Waals surface area contributed by atoms with Gasteiger partial charge in [0.2, 0.25) is 0 Å². The predicted molar refractivity (Wildman–Crippen MR) is 47.7 cm³/mol. The summed E-state index contributed by atoms with van der Waals surface area (Å²) in [5, 5.41) is 10.5. The maximum absolute atomic E-state index is 9.04. The maximum Gasteiger partial charge on any atom is 0.115 e. The lowest BCUT2D eigenvalue weighted by molar-refractivity contribution is 0.475. The van der Waals surface area contributed by atoms with Gasteiger partial charge in [-0.15, -0.1) is 0 Å². The fourth-order valence-electron chi connectivity index (χ4n) is 1.34. The van der Waals surface area contributed by atoms with Crippen LogP contribution in [-0.4, -0.2) is 13.9 Å². The Morgan fingerprint density at radius 3 is 2.18 bits per heavy atom. The molecule has 1 heterocycles. The van der Waals surface area contributed by atoms with E-state index in [2.05, 4.69) is 12.1 Å². The lowest BCUT2D eigenvalue weighted by Gasteiger charge is -2.23. The van der Waals surface area contributed by atoms with Gasteiger partial charge in [-0.25, -0.2) is 0 Å². The number of rotatable bonds is 1. The summed E-state index contributed by atoms with van der Waals surface area (Å²) in [4.78, 5) is 0. The molecule has 0 atom stereocenters. The lowest BCUT2D eigenvalue weighted by Crippen LogP contribution is -2.35. The molecule has 2 rings (SSSR count). The summed E-state index contributed by atoms with van der Waals surface area (Å²) in [7, 11) is -0.154. The fraction of sp³-hybridized carbons (Fsp3) is 0.333. The third-order valence-electron chi connectivity index (χ3n) is 2.23. The summed E-state index contributed by atoms with van der Waals surface area (Å²) in [5.41, 5.74) is 0. The quantitative estimate of drug-likeness (QED) is 0.622. The number of hydrogen-bond acceptors (Lipinski definition) is 1. The molecule has 1 nitrogen and oxygen atoms in total. The van der Waals surface area contributed by atoms with Crippen LogP contribution in [0.4, 0.5) is 0 Å². The van der Waals surface area contributed by atoms with E-state index in [4.69, 9.17) is 5.11 Å². The molecule has 1 aliphatic rings. The standard InChI is InChI=1S/C9H11OSi/c10-8-2-4-9(5-3-8)11-6-1-7-11/h2-5,10H,1,6-7H2. The molecule has 1 fully saturated rings. The summed E-state index contributed by atoms with van der Waals surface area (Å²) >= 11 is 0. The molecule has 57 valence electrons. The Morgan fingerprint density at radius 2 is 1.73 bits per heavy atom. The van der Waals surface area contributed by atoms with Gasteiger partial charge in [-0.3, -0.25) is 0 Å². The van der Waals surface area contributed by atoms with Gasteiger partial charge in [0.15, 0.2) is 0 Å². The van der Waals surface area contributed by atoms with E-state index in [0.717, 1.165) is 0 Å². The molecule has 1 saturated heterocycles. The predicted octanol–water partition coefficient (Wildman–Crippen LogP) is 1.50. The summed E-state index contributed by atoms with van der Waals surface area (Å²) in [6.07, 6.45) is 1.41. The largest absolute Gasteiger partial charge is 0.508 e. The summed E-state index contributed by atoms with van der Waals surface area (Å²) in [5.74, 6) is 0.385. The smallest absolute Gasteiger partial charge is 0.115 e. The molecule has 0 aliphatic carbocycles. The molecule has 0 saturated carbocycles. The minimum atomic E-state index is -0.154. The van der Waals surface area contributed by atoms with Gasteiger partial charge >= 0.3 is 0 Å². The van der Waals surface area contributed by atoms with Crippen LogP contribution in [0.15, 0.2) is 24.3 Å². The van der Waals surface area contributed by atoms with Crippen molar-refractivity contribution in [3.05, 3.63) is 24.3 Å². The Labute approximate surface area is 68.3 Å². The molecular weight excluding hydrogens is 152 g/mol. The highest BCUT2D eigenvalue weighted by atomic mass is 28.3. The van der Waals surface area contributed by atoms with Crippen LogP contribution in [0.1, 0.15) is 6.42 Å². The third-order valence-corrected chi connectivity index (χ3v) is 5.30. The van der Waals surface area contributed by atoms with Crippen molar-refractivity contribution in [3.8, 4) is 5.75 Å². The van der Waals surface area contributed by atoms with Gasteiger partial charge < -0.3 is 5.11 Å². The summed E-state index contributed by atoms with van der Waals surface area (Å²) in [6.45, 7) is 0. The normalized spacial score (nSPS) is 17.8. The zero-order chi connectivity index (χ0) is 7.68. The Balaban J connectivity index is 2.18. The molecule has 1 aliphatic heterocycles. The van der Waals surface area contributed by atoms with E-state index in [0.29, 0.717) is 5.75 Å². The zero-order valence-corrected chi connectivity index (χ0v) is 7.38. The maximum atomic E-state index is 9.04. The molecule has 1 N–H and O–H groups in total. The van der Waals surface area contributed by atoms with E-state index < -0.39 is 0 Å². The van der Waals surface area contributed by atoms with Gasteiger partial charge in [-0.1, -0.05) is 35.8 Å². The van der Waals surface area contributed by atoms with E-state index in [-0.39, 0.29) is 8.80 Å². The topological polar surface area (TPSA) is 20.2 Å². The highest BCUT2D eigenvalue weighted by molar-refractivity contribution is 6.75. The van der Waals surface area contributed by atoms with E-state index in [1.54, 1.807) is 12.1 Å². The number of aromatic hydroxyl groups is 1. The van der Waals surface area contributed by atoms with E-state index in [1.165, 1.54) is 23.7 Å². The van der Waals surface area contributed by atoms with Gasteiger partial charge in [0.1, 0.15) is 5.75 Å². The molecule has 1 aromatic carbocycles. The second-order valence-electron chi connectivity index (χ2n) is 3.00. The Kier molecular flexibility index (Phi) is 1.70. The van der Waals surface area contributed by atoms with Crippen molar-refractivity contribution in [1.29, 1.82) is 0 Å². The molecule has 0 bridgehead atoms. The van der Waals surface area contributed by atoms with Crippen molar-refractivity contribution >= 4 is 14.0 Å². The first kappa shape index (κ1) is 6.92. The molecule has 2 heteroatoms. The molecule has 0 unspecified atom stereocenters. The molecule has 0 spiro atoms. The average Bonchev–Trinajstić information content (AvgIpc) is 1.90. The lowest BCUT2D eigenvalue weighted by atomic mass is 10.3. The number of benzene rings is 1. The average molecular weight is 163 g/mol. The van der Waals surface area contributed by atoms with Crippen molar-refractivity contribution in [2.24, 2.45) is 0 Å². The first-order valence-corrected chi connectivity index (χ1v) is 5.92. The van der Waals surface area contributed by atoms with Crippen molar-refractivity contribution in [2.75, 3.05) is 0 Å².